The first-order chi connectivity index (χ1) is 15.7. The Bertz CT molecular complexity index is 1010. The minimum atomic E-state index is -0.123. The number of carbonyl (C=O) groups excluding carboxylic acids is 1. The highest BCUT2D eigenvalue weighted by atomic mass is 16.3. The minimum Gasteiger partial charge on any atom is -0.508 e. The average molecular weight is 431 g/mol. The molecule has 32 heavy (non-hydrogen) atoms. The quantitative estimate of drug-likeness (QED) is 0.500. The summed E-state index contributed by atoms with van der Waals surface area (Å²) in [5.41, 5.74) is 4.36. The van der Waals surface area contributed by atoms with Crippen molar-refractivity contribution >= 4 is 17.3 Å². The summed E-state index contributed by atoms with van der Waals surface area (Å²) in [6.07, 6.45) is 8.46. The second-order valence-electron chi connectivity index (χ2n) is 8.27. The molecule has 0 bridgehead atoms. The van der Waals surface area contributed by atoms with Crippen molar-refractivity contribution in [1.29, 1.82) is 0 Å². The van der Waals surface area contributed by atoms with Gasteiger partial charge in [0.25, 0.3) is 5.91 Å². The molecule has 1 aliphatic heterocycles. The highest BCUT2D eigenvalue weighted by molar-refractivity contribution is 5.94. The van der Waals surface area contributed by atoms with E-state index in [1.54, 1.807) is 30.6 Å². The smallest absolute Gasteiger partial charge is 0.251 e. The van der Waals surface area contributed by atoms with E-state index in [0.717, 1.165) is 42.1 Å². The van der Waals surface area contributed by atoms with Gasteiger partial charge in [-0.15, -0.1) is 0 Å². The van der Waals surface area contributed by atoms with E-state index in [1.807, 2.05) is 36.4 Å². The molecule has 0 unspecified atom stereocenters. The van der Waals surface area contributed by atoms with Crippen LogP contribution in [-0.4, -0.2) is 34.0 Å². The molecule has 4 rings (SSSR count). The Morgan fingerprint density at radius 3 is 2.31 bits per heavy atom. The number of amides is 1. The van der Waals surface area contributed by atoms with Gasteiger partial charge in [0.15, 0.2) is 0 Å². The molecule has 0 spiro atoms. The van der Waals surface area contributed by atoms with Gasteiger partial charge in [0.1, 0.15) is 5.75 Å². The lowest BCUT2D eigenvalue weighted by molar-refractivity contribution is 0.0951. The summed E-state index contributed by atoms with van der Waals surface area (Å²) in [5.74, 6) is 0.198. The van der Waals surface area contributed by atoms with Gasteiger partial charge in [-0.2, -0.15) is 0 Å². The molecule has 1 amide bonds. The highest BCUT2D eigenvalue weighted by Crippen LogP contribution is 2.22. The molecule has 166 valence electrons. The lowest BCUT2D eigenvalue weighted by atomic mass is 10.1. The largest absolute Gasteiger partial charge is 0.508 e. The number of rotatable bonds is 7. The third-order valence-electron chi connectivity index (χ3n) is 5.81. The van der Waals surface area contributed by atoms with E-state index in [2.05, 4.69) is 20.5 Å². The summed E-state index contributed by atoms with van der Waals surface area (Å²) < 4.78 is 0. The topological polar surface area (TPSA) is 77.5 Å². The number of nitrogens with one attached hydrogen (secondary N) is 2. The average Bonchev–Trinajstić information content (AvgIpc) is 3.09. The van der Waals surface area contributed by atoms with Crippen LogP contribution in [0, 0.1) is 0 Å². The summed E-state index contributed by atoms with van der Waals surface area (Å²) in [7, 11) is 0. The molecule has 6 nitrogen and oxygen atoms in total. The first-order valence-corrected chi connectivity index (χ1v) is 11.3. The molecule has 1 aromatic heterocycles. The van der Waals surface area contributed by atoms with Gasteiger partial charge < -0.3 is 15.7 Å². The molecule has 1 saturated heterocycles. The molecule has 2 heterocycles. The number of phenols is 1. The molecule has 1 aliphatic rings. The van der Waals surface area contributed by atoms with Crippen molar-refractivity contribution in [2.24, 2.45) is 0 Å². The number of aromatic nitrogens is 1. The maximum atomic E-state index is 12.6. The van der Waals surface area contributed by atoms with Crippen molar-refractivity contribution in [2.75, 3.05) is 18.4 Å². The normalized spacial score (nSPS) is 14.5. The Balaban J connectivity index is 1.33. The first kappa shape index (κ1) is 21.8. The maximum absolute atomic E-state index is 12.6. The molecule has 3 aromatic rings. The Morgan fingerprint density at radius 1 is 0.906 bits per heavy atom. The van der Waals surface area contributed by atoms with Crippen molar-refractivity contribution in [3.63, 3.8) is 0 Å². The molecular formula is C26H30N4O2. The lowest BCUT2D eigenvalue weighted by Crippen LogP contribution is -2.25. The summed E-state index contributed by atoms with van der Waals surface area (Å²) in [5, 5.41) is 16.6. The van der Waals surface area contributed by atoms with E-state index in [-0.39, 0.29) is 5.91 Å². The van der Waals surface area contributed by atoms with Crippen LogP contribution in [0.15, 0.2) is 67.0 Å². The number of pyridine rings is 1. The fourth-order valence-corrected chi connectivity index (χ4v) is 4.00. The molecule has 1 fully saturated rings. The molecule has 0 atom stereocenters. The molecule has 6 heteroatoms. The molecule has 0 aliphatic carbocycles. The fraction of sp³-hybridized carbons (Fsp3) is 0.308. The standard InChI is InChI=1S/C26H30N4O2/c31-25-10-5-20(17-22(25)19-30-15-3-1-2-4-16-30)18-28-26(32)21-6-8-23(9-7-21)29-24-11-13-27-14-12-24/h5-14,17,31H,1-4,15-16,18-19H2,(H,27,29)(H,28,32). The Morgan fingerprint density at radius 2 is 1.59 bits per heavy atom. The second kappa shape index (κ2) is 10.8. The van der Waals surface area contributed by atoms with Crippen molar-refractivity contribution in [3.8, 4) is 5.75 Å². The van der Waals surface area contributed by atoms with Gasteiger partial charge in [0.05, 0.1) is 0 Å². The van der Waals surface area contributed by atoms with Crippen LogP contribution in [0.2, 0.25) is 0 Å². The molecule has 0 saturated carbocycles. The number of nitrogens with zero attached hydrogens (tertiary/aromatic N) is 2. The zero-order valence-corrected chi connectivity index (χ0v) is 18.3. The minimum absolute atomic E-state index is 0.123. The van der Waals surface area contributed by atoms with Gasteiger partial charge in [-0.1, -0.05) is 18.9 Å². The van der Waals surface area contributed by atoms with Crippen LogP contribution in [-0.2, 0) is 13.1 Å². The van der Waals surface area contributed by atoms with Crippen LogP contribution >= 0.6 is 0 Å². The van der Waals surface area contributed by atoms with Crippen molar-refractivity contribution in [3.05, 3.63) is 83.7 Å². The van der Waals surface area contributed by atoms with Gasteiger partial charge in [0.2, 0.25) is 0 Å². The molecule has 2 aromatic carbocycles. The Hall–Kier alpha value is -3.38. The van der Waals surface area contributed by atoms with Crippen LogP contribution < -0.4 is 10.6 Å². The van der Waals surface area contributed by atoms with Crippen LogP contribution in [0.5, 0.6) is 5.75 Å². The number of benzene rings is 2. The van der Waals surface area contributed by atoms with Gasteiger partial charge in [-0.3, -0.25) is 14.7 Å². The third kappa shape index (κ3) is 6.08. The van der Waals surface area contributed by atoms with Crippen molar-refractivity contribution in [1.82, 2.24) is 15.2 Å². The predicted octanol–water partition coefficient (Wildman–Crippen LogP) is 4.84. The number of anilines is 2. The number of aromatic hydroxyl groups is 1. The summed E-state index contributed by atoms with van der Waals surface area (Å²) in [4.78, 5) is 19.0. The van der Waals surface area contributed by atoms with E-state index in [0.29, 0.717) is 17.9 Å². The van der Waals surface area contributed by atoms with E-state index >= 15 is 0 Å². The van der Waals surface area contributed by atoms with Crippen LogP contribution in [0.4, 0.5) is 11.4 Å². The molecule has 0 radical (unpaired) electrons. The van der Waals surface area contributed by atoms with E-state index < -0.39 is 0 Å². The zero-order chi connectivity index (χ0) is 22.2. The van der Waals surface area contributed by atoms with E-state index in [1.165, 1.54) is 25.7 Å². The summed E-state index contributed by atoms with van der Waals surface area (Å²) >= 11 is 0. The van der Waals surface area contributed by atoms with Gasteiger partial charge in [-0.25, -0.2) is 0 Å². The Labute approximate surface area is 189 Å². The summed E-state index contributed by atoms with van der Waals surface area (Å²) in [6.45, 7) is 3.32. The first-order valence-electron chi connectivity index (χ1n) is 11.3. The van der Waals surface area contributed by atoms with Gasteiger partial charge >= 0.3 is 0 Å². The highest BCUT2D eigenvalue weighted by Gasteiger charge is 2.13. The third-order valence-corrected chi connectivity index (χ3v) is 5.81. The number of carbonyl (C=O) groups is 1. The van der Waals surface area contributed by atoms with Crippen LogP contribution in [0.3, 0.4) is 0 Å². The van der Waals surface area contributed by atoms with Gasteiger partial charge in [0, 0.05) is 48.0 Å². The Kier molecular flexibility index (Phi) is 7.35. The number of phenolic OH excluding ortho intramolecular Hbond substituents is 1. The summed E-state index contributed by atoms with van der Waals surface area (Å²) in [6, 6.07) is 16.8. The zero-order valence-electron chi connectivity index (χ0n) is 18.3. The molecule has 3 N–H and O–H groups in total. The fourth-order valence-electron chi connectivity index (χ4n) is 4.00. The number of hydrogen-bond donors (Lipinski definition) is 3. The number of hydrogen-bond acceptors (Lipinski definition) is 5. The lowest BCUT2D eigenvalue weighted by Gasteiger charge is -2.20. The SMILES string of the molecule is O=C(NCc1ccc(O)c(CN2CCCCCC2)c1)c1ccc(Nc2ccncc2)cc1. The van der Waals surface area contributed by atoms with Crippen LogP contribution in [0.25, 0.3) is 0 Å². The van der Waals surface area contributed by atoms with E-state index in [4.69, 9.17) is 0 Å². The van der Waals surface area contributed by atoms with Crippen LogP contribution in [0.1, 0.15) is 47.2 Å². The van der Waals surface area contributed by atoms with Crippen molar-refractivity contribution < 1.29 is 9.90 Å². The van der Waals surface area contributed by atoms with E-state index in [9.17, 15) is 9.90 Å². The molecular weight excluding hydrogens is 400 g/mol. The predicted molar refractivity (Wildman–Crippen MR) is 127 cm³/mol. The van der Waals surface area contributed by atoms with Crippen molar-refractivity contribution in [2.45, 2.75) is 38.8 Å². The maximum Gasteiger partial charge on any atom is 0.251 e. The van der Waals surface area contributed by atoms with Gasteiger partial charge in [-0.05, 0) is 80.0 Å². The second-order valence-corrected chi connectivity index (χ2v) is 8.27. The monoisotopic (exact) mass is 430 g/mol. The number of likely N-dealkylation sites (tertiary alicyclic amines) is 1.